The van der Waals surface area contributed by atoms with E-state index in [1.807, 2.05) is 42.5 Å². The first-order valence-corrected chi connectivity index (χ1v) is 10.4. The zero-order chi connectivity index (χ0) is 21.3. The van der Waals surface area contributed by atoms with E-state index in [-0.39, 0.29) is 23.5 Å². The highest BCUT2D eigenvalue weighted by molar-refractivity contribution is 7.99. The summed E-state index contributed by atoms with van der Waals surface area (Å²) >= 11 is 1.31. The van der Waals surface area contributed by atoms with Crippen LogP contribution >= 0.6 is 11.8 Å². The van der Waals surface area contributed by atoms with Crippen LogP contribution in [0, 0.1) is 12.7 Å². The van der Waals surface area contributed by atoms with Gasteiger partial charge in [0, 0.05) is 11.5 Å². The highest BCUT2D eigenvalue weighted by Gasteiger charge is 2.15. The molecule has 1 N–H and O–H groups in total. The topological polar surface area (TPSA) is 68.5 Å². The number of hydrogen-bond acceptors (Lipinski definition) is 5. The Morgan fingerprint density at radius 2 is 1.97 bits per heavy atom. The van der Waals surface area contributed by atoms with Crippen molar-refractivity contribution in [3.63, 3.8) is 0 Å². The molecule has 6 nitrogen and oxygen atoms in total. The quantitative estimate of drug-likeness (QED) is 0.467. The van der Waals surface area contributed by atoms with Crippen molar-refractivity contribution in [1.29, 1.82) is 0 Å². The molecule has 0 saturated heterocycles. The number of pyridine rings is 1. The molecule has 2 aromatic carbocycles. The summed E-state index contributed by atoms with van der Waals surface area (Å²) in [7, 11) is 1.63. The number of halogens is 1. The van der Waals surface area contributed by atoms with Crippen LogP contribution in [0.4, 0.5) is 4.39 Å². The van der Waals surface area contributed by atoms with Crippen molar-refractivity contribution in [1.82, 2.24) is 19.9 Å². The minimum atomic E-state index is -0.300. The zero-order valence-corrected chi connectivity index (χ0v) is 17.7. The van der Waals surface area contributed by atoms with Gasteiger partial charge in [-0.05, 0) is 55.3 Å². The van der Waals surface area contributed by atoms with Crippen molar-refractivity contribution in [3.8, 4) is 5.75 Å². The third-order valence-corrected chi connectivity index (χ3v) is 5.88. The molecule has 4 rings (SSSR count). The molecule has 2 aromatic heterocycles. The van der Waals surface area contributed by atoms with Crippen molar-refractivity contribution in [3.05, 3.63) is 65.5 Å². The van der Waals surface area contributed by atoms with Crippen LogP contribution in [0.3, 0.4) is 0 Å². The molecule has 4 aromatic rings. The molecule has 0 saturated carbocycles. The van der Waals surface area contributed by atoms with Crippen molar-refractivity contribution in [2.24, 2.45) is 0 Å². The molecule has 0 aliphatic heterocycles. The Morgan fingerprint density at radius 1 is 1.20 bits per heavy atom. The van der Waals surface area contributed by atoms with Gasteiger partial charge in [-0.3, -0.25) is 9.20 Å². The van der Waals surface area contributed by atoms with Crippen LogP contribution in [0.1, 0.15) is 24.1 Å². The smallest absolute Gasteiger partial charge is 0.230 e. The third-order valence-electron chi connectivity index (χ3n) is 4.95. The lowest BCUT2D eigenvalue weighted by Gasteiger charge is -2.14. The molecule has 1 amide bonds. The maximum absolute atomic E-state index is 13.1. The second-order valence-electron chi connectivity index (χ2n) is 7.02. The Kier molecular flexibility index (Phi) is 5.59. The van der Waals surface area contributed by atoms with E-state index in [2.05, 4.69) is 15.5 Å². The molecule has 2 heterocycles. The maximum atomic E-state index is 13.1. The van der Waals surface area contributed by atoms with Gasteiger partial charge in [-0.2, -0.15) is 0 Å². The lowest BCUT2D eigenvalue weighted by molar-refractivity contribution is -0.119. The number of methoxy groups -OCH3 is 1. The fourth-order valence-electron chi connectivity index (χ4n) is 3.37. The number of nitrogens with zero attached hydrogens (tertiary/aromatic N) is 3. The van der Waals surface area contributed by atoms with Crippen LogP contribution in [0.15, 0.2) is 53.7 Å². The van der Waals surface area contributed by atoms with E-state index in [9.17, 15) is 9.18 Å². The van der Waals surface area contributed by atoms with E-state index in [1.165, 1.54) is 23.9 Å². The normalized spacial score (nSPS) is 12.3. The Bertz CT molecular complexity index is 1220. The van der Waals surface area contributed by atoms with Crippen molar-refractivity contribution < 1.29 is 13.9 Å². The predicted molar refractivity (Wildman–Crippen MR) is 115 cm³/mol. The van der Waals surface area contributed by atoms with E-state index < -0.39 is 0 Å². The highest BCUT2D eigenvalue weighted by atomic mass is 32.2. The van der Waals surface area contributed by atoms with Crippen LogP contribution in [-0.2, 0) is 4.79 Å². The summed E-state index contributed by atoms with van der Waals surface area (Å²) in [5.41, 5.74) is 3.58. The van der Waals surface area contributed by atoms with Crippen molar-refractivity contribution >= 4 is 34.2 Å². The Hall–Kier alpha value is -3.13. The van der Waals surface area contributed by atoms with Gasteiger partial charge >= 0.3 is 0 Å². The number of thioether (sulfide) groups is 1. The molecule has 30 heavy (non-hydrogen) atoms. The number of amides is 1. The lowest BCUT2D eigenvalue weighted by atomic mass is 10.1. The number of hydrogen-bond donors (Lipinski definition) is 1. The number of rotatable bonds is 6. The standard InChI is InChI=1S/C22H21FN4O2S/c1-13-10-20-25-26-22(27(20)19-11-17(29-3)8-9-18(13)19)30-12-21(28)24-14(2)15-4-6-16(23)7-5-15/h4-11,14H,12H2,1-3H3,(H,24,28). The predicted octanol–water partition coefficient (Wildman–Crippen LogP) is 4.31. The van der Waals surface area contributed by atoms with Gasteiger partial charge in [0.1, 0.15) is 11.6 Å². The minimum absolute atomic E-state index is 0.137. The molecule has 0 fully saturated rings. The molecule has 0 aliphatic rings. The third kappa shape index (κ3) is 3.95. The molecule has 1 unspecified atom stereocenters. The zero-order valence-electron chi connectivity index (χ0n) is 16.8. The number of benzene rings is 2. The summed E-state index contributed by atoms with van der Waals surface area (Å²) in [6, 6.07) is 13.7. The number of ether oxygens (including phenoxy) is 1. The average molecular weight is 425 g/mol. The largest absolute Gasteiger partial charge is 0.497 e. The fraction of sp³-hybridized carbons (Fsp3) is 0.227. The van der Waals surface area contributed by atoms with Gasteiger partial charge in [0.05, 0.1) is 24.4 Å². The Balaban J connectivity index is 1.54. The molecule has 8 heteroatoms. The molecule has 0 bridgehead atoms. The van der Waals surface area contributed by atoms with Crippen molar-refractivity contribution in [2.75, 3.05) is 12.9 Å². The van der Waals surface area contributed by atoms with Gasteiger partial charge in [0.2, 0.25) is 5.91 Å². The van der Waals surface area contributed by atoms with Crippen molar-refractivity contribution in [2.45, 2.75) is 25.0 Å². The van der Waals surface area contributed by atoms with Crippen LogP contribution < -0.4 is 10.1 Å². The van der Waals surface area contributed by atoms with E-state index in [0.29, 0.717) is 5.16 Å². The number of carbonyl (C=O) groups is 1. The monoisotopic (exact) mass is 424 g/mol. The van der Waals surface area contributed by atoms with E-state index in [4.69, 9.17) is 4.74 Å². The number of aromatic nitrogens is 3. The summed E-state index contributed by atoms with van der Waals surface area (Å²) in [5.74, 6) is 0.490. The first-order chi connectivity index (χ1) is 14.5. The molecule has 154 valence electrons. The van der Waals surface area contributed by atoms with Crippen LogP contribution in [-0.4, -0.2) is 33.4 Å². The first-order valence-electron chi connectivity index (χ1n) is 9.46. The second kappa shape index (κ2) is 8.31. The second-order valence-corrected chi connectivity index (χ2v) is 7.96. The minimum Gasteiger partial charge on any atom is -0.497 e. The SMILES string of the molecule is COc1ccc2c(C)cc3nnc(SCC(=O)NC(C)c4ccc(F)cc4)n3c2c1. The van der Waals surface area contributed by atoms with Gasteiger partial charge in [0.15, 0.2) is 10.8 Å². The molecule has 0 spiro atoms. The molecular weight excluding hydrogens is 403 g/mol. The number of nitrogens with one attached hydrogen (secondary N) is 1. The molecular formula is C22H21FN4O2S. The van der Waals surface area contributed by atoms with Gasteiger partial charge in [-0.15, -0.1) is 10.2 Å². The number of fused-ring (bicyclic) bond motifs is 3. The number of carbonyl (C=O) groups excluding carboxylic acids is 1. The first kappa shape index (κ1) is 20.2. The molecule has 0 aliphatic carbocycles. The summed E-state index contributed by atoms with van der Waals surface area (Å²) in [4.78, 5) is 12.5. The van der Waals surface area contributed by atoms with Crippen LogP contribution in [0.5, 0.6) is 5.75 Å². The number of aryl methyl sites for hydroxylation is 1. The molecule has 0 radical (unpaired) electrons. The highest BCUT2D eigenvalue weighted by Crippen LogP contribution is 2.28. The van der Waals surface area contributed by atoms with Crippen LogP contribution in [0.25, 0.3) is 16.6 Å². The lowest BCUT2D eigenvalue weighted by Crippen LogP contribution is -2.28. The molecule has 1 atom stereocenters. The average Bonchev–Trinajstić information content (AvgIpc) is 3.15. The summed E-state index contributed by atoms with van der Waals surface area (Å²) < 4.78 is 20.4. The summed E-state index contributed by atoms with van der Waals surface area (Å²) in [6.07, 6.45) is 0. The fourth-order valence-corrected chi connectivity index (χ4v) is 4.13. The Morgan fingerprint density at radius 3 is 2.70 bits per heavy atom. The van der Waals surface area contributed by atoms with Crippen LogP contribution in [0.2, 0.25) is 0 Å². The van der Waals surface area contributed by atoms with Gasteiger partial charge in [0.25, 0.3) is 0 Å². The van der Waals surface area contributed by atoms with E-state index in [1.54, 1.807) is 19.2 Å². The Labute approximate surface area is 177 Å². The van der Waals surface area contributed by atoms with E-state index >= 15 is 0 Å². The maximum Gasteiger partial charge on any atom is 0.230 e. The van der Waals surface area contributed by atoms with Gasteiger partial charge < -0.3 is 10.1 Å². The van der Waals surface area contributed by atoms with Gasteiger partial charge in [-0.25, -0.2) is 4.39 Å². The van der Waals surface area contributed by atoms with Gasteiger partial charge in [-0.1, -0.05) is 23.9 Å². The summed E-state index contributed by atoms with van der Waals surface area (Å²) in [6.45, 7) is 3.89. The summed E-state index contributed by atoms with van der Waals surface area (Å²) in [5, 5.41) is 13.2. The van der Waals surface area contributed by atoms with E-state index in [0.717, 1.165) is 33.4 Å².